The van der Waals surface area contributed by atoms with Gasteiger partial charge >= 0.3 is 5.97 Å². The van der Waals surface area contributed by atoms with Gasteiger partial charge in [0.05, 0.1) is 40.6 Å². The van der Waals surface area contributed by atoms with Crippen molar-refractivity contribution >= 4 is 44.3 Å². The van der Waals surface area contributed by atoms with E-state index in [1.165, 1.54) is 0 Å². The lowest BCUT2D eigenvalue weighted by atomic mass is 10.1. The highest BCUT2D eigenvalue weighted by Crippen LogP contribution is 2.36. The van der Waals surface area contributed by atoms with E-state index in [2.05, 4.69) is 26.3 Å². The number of carbonyl (C=O) groups is 1. The molecule has 0 aliphatic carbocycles. The van der Waals surface area contributed by atoms with Crippen molar-refractivity contribution in [2.75, 3.05) is 55.4 Å². The summed E-state index contributed by atoms with van der Waals surface area (Å²) >= 11 is 1.67. The Morgan fingerprint density at radius 1 is 1.18 bits per heavy atom. The Morgan fingerprint density at radius 2 is 1.94 bits per heavy atom. The van der Waals surface area contributed by atoms with Crippen LogP contribution in [0, 0.1) is 0 Å². The summed E-state index contributed by atoms with van der Waals surface area (Å²) in [5.41, 5.74) is 7.27. The molecule has 0 aromatic carbocycles. The van der Waals surface area contributed by atoms with E-state index in [4.69, 9.17) is 25.2 Å². The number of carbonyl (C=O) groups excluding carboxylic acids is 1. The molecule has 3 aromatic rings. The minimum Gasteiger partial charge on any atom is -0.466 e. The van der Waals surface area contributed by atoms with Crippen molar-refractivity contribution in [1.29, 1.82) is 0 Å². The number of anilines is 3. The number of nitrogens with one attached hydrogen (secondary N) is 1. The quantitative estimate of drug-likeness (QED) is 0.307. The first-order chi connectivity index (χ1) is 16.6. The van der Waals surface area contributed by atoms with Gasteiger partial charge < -0.3 is 25.4 Å². The highest BCUT2D eigenvalue weighted by Gasteiger charge is 2.20. The highest BCUT2D eigenvalue weighted by atomic mass is 32.1. The van der Waals surface area contributed by atoms with Crippen LogP contribution in [0.2, 0.25) is 0 Å². The van der Waals surface area contributed by atoms with Gasteiger partial charge in [-0.1, -0.05) is 12.8 Å². The fraction of sp³-hybridized carbons (Fsp3) is 0.522. The number of nitrogens with two attached hydrogens (primary N) is 1. The molecule has 34 heavy (non-hydrogen) atoms. The van der Waals surface area contributed by atoms with Gasteiger partial charge in [0.25, 0.3) is 0 Å². The Labute approximate surface area is 202 Å². The summed E-state index contributed by atoms with van der Waals surface area (Å²) in [5, 5.41) is 4.59. The maximum absolute atomic E-state index is 11.4. The Morgan fingerprint density at radius 3 is 2.71 bits per heavy atom. The molecule has 1 aliphatic rings. The van der Waals surface area contributed by atoms with E-state index in [9.17, 15) is 4.79 Å². The van der Waals surface area contributed by atoms with E-state index in [0.29, 0.717) is 32.1 Å². The average Bonchev–Trinajstić information content (AvgIpc) is 3.27. The number of nitrogen functional groups attached to an aromatic ring is 1. The molecule has 0 saturated carbocycles. The number of hydrogen-bond acceptors (Lipinski definition) is 11. The first-order valence-corrected chi connectivity index (χ1v) is 12.6. The molecule has 0 amide bonds. The average molecular weight is 486 g/mol. The second-order valence-electron chi connectivity index (χ2n) is 8.02. The molecule has 1 aliphatic heterocycles. The molecule has 3 N–H and O–H groups in total. The Balaban J connectivity index is 1.42. The largest absolute Gasteiger partial charge is 0.466 e. The second kappa shape index (κ2) is 11.9. The third-order valence-corrected chi connectivity index (χ3v) is 6.58. The molecule has 3 aromatic heterocycles. The molecule has 0 spiro atoms. The predicted octanol–water partition coefficient (Wildman–Crippen LogP) is 3.49. The monoisotopic (exact) mass is 485 g/mol. The smallest absolute Gasteiger partial charge is 0.305 e. The van der Waals surface area contributed by atoms with E-state index < -0.39 is 0 Å². The summed E-state index contributed by atoms with van der Waals surface area (Å²) in [4.78, 5) is 31.5. The minimum atomic E-state index is -0.104. The minimum absolute atomic E-state index is 0.104. The SMILES string of the molecule is CCOC(=O)CCCCCCNc1cc2nc(-c3cnc(N)nc3)nc(N3CCOCC3)c2s1. The van der Waals surface area contributed by atoms with Crippen LogP contribution in [0.25, 0.3) is 21.6 Å². The van der Waals surface area contributed by atoms with Crippen molar-refractivity contribution in [3.63, 3.8) is 0 Å². The number of hydrogen-bond donors (Lipinski definition) is 2. The van der Waals surface area contributed by atoms with Gasteiger partial charge in [-0.25, -0.2) is 19.9 Å². The molecular weight excluding hydrogens is 454 g/mol. The van der Waals surface area contributed by atoms with Crippen LogP contribution in [0.1, 0.15) is 39.0 Å². The number of thiophene rings is 1. The van der Waals surface area contributed by atoms with Gasteiger partial charge in [0.15, 0.2) is 11.6 Å². The lowest BCUT2D eigenvalue weighted by Crippen LogP contribution is -2.36. The van der Waals surface area contributed by atoms with Gasteiger partial charge in [-0.2, -0.15) is 0 Å². The summed E-state index contributed by atoms with van der Waals surface area (Å²) in [6.07, 6.45) is 7.80. The number of nitrogens with zero attached hydrogens (tertiary/aromatic N) is 5. The third-order valence-electron chi connectivity index (χ3n) is 5.51. The standard InChI is InChI=1S/C23H31N7O3S/c1-2-33-19(31)7-5-3-4-6-8-25-18-13-17-20(34-18)22(30-9-11-32-12-10-30)29-21(28-17)16-14-26-23(24)27-15-16/h13-15,25H,2-12H2,1H3,(H2,24,26,27). The molecular formula is C23H31N7O3S. The summed E-state index contributed by atoms with van der Waals surface area (Å²) in [6, 6.07) is 2.08. The summed E-state index contributed by atoms with van der Waals surface area (Å²) < 4.78 is 11.6. The van der Waals surface area contributed by atoms with Gasteiger partial charge in [-0.05, 0) is 25.8 Å². The zero-order valence-corrected chi connectivity index (χ0v) is 20.3. The van der Waals surface area contributed by atoms with E-state index >= 15 is 0 Å². The maximum atomic E-state index is 11.4. The molecule has 0 unspecified atom stereocenters. The first kappa shape index (κ1) is 24.1. The van der Waals surface area contributed by atoms with Crippen LogP contribution in [0.3, 0.4) is 0 Å². The molecule has 11 heteroatoms. The number of esters is 1. The van der Waals surface area contributed by atoms with Crippen LogP contribution in [-0.2, 0) is 14.3 Å². The molecule has 10 nitrogen and oxygen atoms in total. The number of morpholine rings is 1. The Kier molecular flexibility index (Phi) is 8.42. The van der Waals surface area contributed by atoms with Gasteiger partial charge in [-0.3, -0.25) is 4.79 Å². The molecule has 1 fully saturated rings. The van der Waals surface area contributed by atoms with Crippen molar-refractivity contribution < 1.29 is 14.3 Å². The normalized spacial score (nSPS) is 13.9. The lowest BCUT2D eigenvalue weighted by Gasteiger charge is -2.28. The topological polar surface area (TPSA) is 128 Å². The fourth-order valence-corrected chi connectivity index (χ4v) is 4.81. The summed E-state index contributed by atoms with van der Waals surface area (Å²) in [5.74, 6) is 1.62. The van der Waals surface area contributed by atoms with Gasteiger partial charge in [0, 0.05) is 38.4 Å². The van der Waals surface area contributed by atoms with Gasteiger partial charge in [0.1, 0.15) is 0 Å². The molecule has 0 bridgehead atoms. The summed E-state index contributed by atoms with van der Waals surface area (Å²) in [6.45, 7) is 6.08. The zero-order valence-electron chi connectivity index (χ0n) is 19.5. The maximum Gasteiger partial charge on any atom is 0.305 e. The number of ether oxygens (including phenoxy) is 2. The molecule has 1 saturated heterocycles. The van der Waals surface area contributed by atoms with Gasteiger partial charge in [-0.15, -0.1) is 11.3 Å². The Hall–Kier alpha value is -3.05. The van der Waals surface area contributed by atoms with E-state index in [0.717, 1.165) is 71.9 Å². The second-order valence-corrected chi connectivity index (χ2v) is 9.07. The van der Waals surface area contributed by atoms with Crippen LogP contribution in [0.4, 0.5) is 16.8 Å². The molecule has 4 rings (SSSR count). The number of fused-ring (bicyclic) bond motifs is 1. The fourth-order valence-electron chi connectivity index (χ4n) is 3.77. The van der Waals surface area contributed by atoms with Crippen molar-refractivity contribution in [1.82, 2.24) is 19.9 Å². The first-order valence-electron chi connectivity index (χ1n) is 11.8. The molecule has 4 heterocycles. The van der Waals surface area contributed by atoms with E-state index in [-0.39, 0.29) is 11.9 Å². The van der Waals surface area contributed by atoms with Crippen LogP contribution in [0.15, 0.2) is 18.5 Å². The Bertz CT molecular complexity index is 1080. The number of rotatable bonds is 11. The molecule has 182 valence electrons. The lowest BCUT2D eigenvalue weighted by molar-refractivity contribution is -0.143. The number of unbranched alkanes of at least 4 members (excludes halogenated alkanes) is 3. The number of aromatic nitrogens is 4. The third kappa shape index (κ3) is 6.29. The zero-order chi connectivity index (χ0) is 23.8. The molecule has 0 atom stereocenters. The van der Waals surface area contributed by atoms with Crippen molar-refractivity contribution in [3.8, 4) is 11.4 Å². The van der Waals surface area contributed by atoms with Crippen molar-refractivity contribution in [3.05, 3.63) is 18.5 Å². The van der Waals surface area contributed by atoms with Gasteiger partial charge in [0.2, 0.25) is 5.95 Å². The van der Waals surface area contributed by atoms with E-state index in [1.54, 1.807) is 23.7 Å². The summed E-state index contributed by atoms with van der Waals surface area (Å²) in [7, 11) is 0. The van der Waals surface area contributed by atoms with E-state index in [1.807, 2.05) is 6.92 Å². The highest BCUT2D eigenvalue weighted by molar-refractivity contribution is 7.23. The van der Waals surface area contributed by atoms with Crippen LogP contribution >= 0.6 is 11.3 Å². The molecule has 0 radical (unpaired) electrons. The van der Waals surface area contributed by atoms with Crippen LogP contribution in [-0.4, -0.2) is 65.4 Å². The van der Waals surface area contributed by atoms with Crippen molar-refractivity contribution in [2.24, 2.45) is 0 Å². The predicted molar refractivity (Wildman–Crippen MR) is 134 cm³/mol. The van der Waals surface area contributed by atoms with Crippen LogP contribution in [0.5, 0.6) is 0 Å². The van der Waals surface area contributed by atoms with Crippen LogP contribution < -0.4 is 16.0 Å². The van der Waals surface area contributed by atoms with Crippen molar-refractivity contribution in [2.45, 2.75) is 39.0 Å².